The Morgan fingerprint density at radius 1 is 0.933 bits per heavy atom. The summed E-state index contributed by atoms with van der Waals surface area (Å²) in [5.74, 6) is 3.89. The Bertz CT molecular complexity index is 930. The number of halogens is 1. The second-order valence-electron chi connectivity index (χ2n) is 6.89. The number of benzene rings is 2. The molecule has 3 rings (SSSR count). The van der Waals surface area contributed by atoms with Crippen LogP contribution in [0.15, 0.2) is 53.7 Å². The van der Waals surface area contributed by atoms with E-state index < -0.39 is 0 Å². The van der Waals surface area contributed by atoms with E-state index in [9.17, 15) is 0 Å². The second kappa shape index (κ2) is 10.6. The molecule has 6 nitrogen and oxygen atoms in total. The van der Waals surface area contributed by atoms with Gasteiger partial charge in [0, 0.05) is 16.8 Å². The molecule has 1 atom stereocenters. The fourth-order valence-electron chi connectivity index (χ4n) is 2.88. The number of methoxy groups -OCH3 is 1. The number of nitrogens with zero attached hydrogens (tertiary/aromatic N) is 3. The zero-order chi connectivity index (χ0) is 21.5. The van der Waals surface area contributed by atoms with Crippen LogP contribution in [-0.2, 0) is 0 Å². The number of aromatic nitrogens is 3. The number of thioether (sulfide) groups is 1. The molecule has 160 valence electrons. The first kappa shape index (κ1) is 22.3. The largest absolute Gasteiger partial charge is 0.497 e. The summed E-state index contributed by atoms with van der Waals surface area (Å²) in [7, 11) is 1.64. The molecule has 3 aromatic rings. The number of ether oxygens (including phenoxy) is 3. The van der Waals surface area contributed by atoms with Gasteiger partial charge in [0.25, 0.3) is 0 Å². The van der Waals surface area contributed by atoms with Crippen molar-refractivity contribution in [2.75, 3.05) is 19.5 Å². The highest BCUT2D eigenvalue weighted by atomic mass is 35.5. The van der Waals surface area contributed by atoms with Gasteiger partial charge >= 0.3 is 0 Å². The lowest BCUT2D eigenvalue weighted by Gasteiger charge is -2.19. The van der Waals surface area contributed by atoms with Crippen molar-refractivity contribution in [3.8, 4) is 17.2 Å². The van der Waals surface area contributed by atoms with Crippen LogP contribution in [0.2, 0.25) is 5.02 Å². The average molecular weight is 448 g/mol. The Balaban J connectivity index is 1.61. The van der Waals surface area contributed by atoms with E-state index >= 15 is 0 Å². The summed E-state index contributed by atoms with van der Waals surface area (Å²) >= 11 is 7.51. The standard InChI is InChI=1S/C22H26ClN3O3S/c1-15(2)26-21(16(3)29-20-11-9-18(27-4)10-12-20)24-25-22(26)30-14-13-28-19-7-5-17(23)6-8-19/h5-12,15-16H,13-14H2,1-4H3. The molecule has 0 aliphatic heterocycles. The Kier molecular flexibility index (Phi) is 7.87. The highest BCUT2D eigenvalue weighted by Crippen LogP contribution is 2.28. The zero-order valence-electron chi connectivity index (χ0n) is 17.5. The molecular formula is C22H26ClN3O3S. The maximum Gasteiger partial charge on any atom is 0.191 e. The molecule has 0 aliphatic carbocycles. The summed E-state index contributed by atoms with van der Waals surface area (Å²) in [6, 6.07) is 15.1. The van der Waals surface area contributed by atoms with Crippen LogP contribution < -0.4 is 14.2 Å². The number of hydrogen-bond donors (Lipinski definition) is 0. The lowest BCUT2D eigenvalue weighted by Crippen LogP contribution is -2.14. The summed E-state index contributed by atoms with van der Waals surface area (Å²) in [5.41, 5.74) is 0. The molecule has 1 unspecified atom stereocenters. The molecule has 1 heterocycles. The van der Waals surface area contributed by atoms with Crippen molar-refractivity contribution in [1.29, 1.82) is 0 Å². The molecular weight excluding hydrogens is 422 g/mol. The molecule has 8 heteroatoms. The molecule has 0 bridgehead atoms. The van der Waals surface area contributed by atoms with Crippen LogP contribution in [0, 0.1) is 0 Å². The van der Waals surface area contributed by atoms with Crippen molar-refractivity contribution < 1.29 is 14.2 Å². The second-order valence-corrected chi connectivity index (χ2v) is 8.39. The van der Waals surface area contributed by atoms with Gasteiger partial charge in [0.2, 0.25) is 0 Å². The quantitative estimate of drug-likeness (QED) is 0.288. The molecule has 0 saturated heterocycles. The van der Waals surface area contributed by atoms with Gasteiger partial charge in [-0.2, -0.15) is 0 Å². The average Bonchev–Trinajstić information content (AvgIpc) is 3.17. The summed E-state index contributed by atoms with van der Waals surface area (Å²) in [6.45, 7) is 6.76. The normalized spacial score (nSPS) is 12.1. The molecule has 0 spiro atoms. The Hall–Kier alpha value is -2.38. The van der Waals surface area contributed by atoms with Gasteiger partial charge in [-0.25, -0.2) is 0 Å². The molecule has 2 aromatic carbocycles. The van der Waals surface area contributed by atoms with Crippen LogP contribution in [0.25, 0.3) is 0 Å². The predicted molar refractivity (Wildman–Crippen MR) is 120 cm³/mol. The van der Waals surface area contributed by atoms with Crippen molar-refractivity contribution in [3.05, 3.63) is 59.4 Å². The first-order chi connectivity index (χ1) is 14.5. The van der Waals surface area contributed by atoms with Gasteiger partial charge in [-0.1, -0.05) is 23.4 Å². The Morgan fingerprint density at radius 3 is 2.20 bits per heavy atom. The monoisotopic (exact) mass is 447 g/mol. The third-order valence-corrected chi connectivity index (χ3v) is 5.50. The molecule has 0 aliphatic rings. The lowest BCUT2D eigenvalue weighted by molar-refractivity contribution is 0.207. The molecule has 0 N–H and O–H groups in total. The van der Waals surface area contributed by atoms with Crippen molar-refractivity contribution in [2.24, 2.45) is 0 Å². The van der Waals surface area contributed by atoms with Crippen LogP contribution in [0.5, 0.6) is 17.2 Å². The SMILES string of the molecule is COc1ccc(OC(C)c2nnc(SCCOc3ccc(Cl)cc3)n2C(C)C)cc1. The lowest BCUT2D eigenvalue weighted by atomic mass is 10.3. The van der Waals surface area contributed by atoms with Crippen molar-refractivity contribution in [2.45, 2.75) is 38.1 Å². The fourth-order valence-corrected chi connectivity index (χ4v) is 3.90. The van der Waals surface area contributed by atoms with E-state index in [2.05, 4.69) is 28.6 Å². The van der Waals surface area contributed by atoms with Crippen LogP contribution in [-0.4, -0.2) is 34.2 Å². The third kappa shape index (κ3) is 5.83. The smallest absolute Gasteiger partial charge is 0.191 e. The van der Waals surface area contributed by atoms with Gasteiger partial charge in [-0.3, -0.25) is 0 Å². The molecule has 0 radical (unpaired) electrons. The van der Waals surface area contributed by atoms with Gasteiger partial charge < -0.3 is 18.8 Å². The maximum atomic E-state index is 6.07. The number of rotatable bonds is 10. The minimum absolute atomic E-state index is 0.205. The van der Waals surface area contributed by atoms with Gasteiger partial charge in [0.05, 0.1) is 13.7 Å². The van der Waals surface area contributed by atoms with E-state index in [1.807, 2.05) is 55.5 Å². The Morgan fingerprint density at radius 2 is 1.57 bits per heavy atom. The summed E-state index contributed by atoms with van der Waals surface area (Å²) in [5, 5.41) is 10.3. The van der Waals surface area contributed by atoms with Crippen LogP contribution in [0.4, 0.5) is 0 Å². The highest BCUT2D eigenvalue weighted by molar-refractivity contribution is 7.99. The van der Waals surface area contributed by atoms with E-state index in [1.54, 1.807) is 18.9 Å². The molecule has 30 heavy (non-hydrogen) atoms. The third-order valence-electron chi connectivity index (χ3n) is 4.34. The molecule has 0 amide bonds. The Labute approximate surface area is 186 Å². The minimum Gasteiger partial charge on any atom is -0.497 e. The topological polar surface area (TPSA) is 58.4 Å². The summed E-state index contributed by atoms with van der Waals surface area (Å²) in [4.78, 5) is 0. The van der Waals surface area contributed by atoms with E-state index in [0.717, 1.165) is 34.0 Å². The number of hydrogen-bond acceptors (Lipinski definition) is 6. The minimum atomic E-state index is -0.243. The molecule has 0 fully saturated rings. The van der Waals surface area contributed by atoms with E-state index in [4.69, 9.17) is 25.8 Å². The highest BCUT2D eigenvalue weighted by Gasteiger charge is 2.21. The van der Waals surface area contributed by atoms with Crippen molar-refractivity contribution in [1.82, 2.24) is 14.8 Å². The van der Waals surface area contributed by atoms with Gasteiger partial charge in [0.1, 0.15) is 17.2 Å². The van der Waals surface area contributed by atoms with Crippen molar-refractivity contribution in [3.63, 3.8) is 0 Å². The zero-order valence-corrected chi connectivity index (χ0v) is 19.1. The predicted octanol–water partition coefficient (Wildman–Crippen LogP) is 5.83. The first-order valence-electron chi connectivity index (χ1n) is 9.74. The summed E-state index contributed by atoms with van der Waals surface area (Å²) in [6.07, 6.45) is -0.243. The molecule has 0 saturated carbocycles. The summed E-state index contributed by atoms with van der Waals surface area (Å²) < 4.78 is 19.1. The van der Waals surface area contributed by atoms with E-state index in [0.29, 0.717) is 11.6 Å². The van der Waals surface area contributed by atoms with E-state index in [-0.39, 0.29) is 12.1 Å². The maximum absolute atomic E-state index is 6.07. The van der Waals surface area contributed by atoms with Gasteiger partial charge in [-0.05, 0) is 69.3 Å². The van der Waals surface area contributed by atoms with Crippen LogP contribution >= 0.6 is 23.4 Å². The van der Waals surface area contributed by atoms with Crippen LogP contribution in [0.1, 0.15) is 38.7 Å². The van der Waals surface area contributed by atoms with E-state index in [1.165, 1.54) is 0 Å². The molecule has 1 aromatic heterocycles. The van der Waals surface area contributed by atoms with Gasteiger partial charge in [0.15, 0.2) is 17.1 Å². The van der Waals surface area contributed by atoms with Gasteiger partial charge in [-0.15, -0.1) is 10.2 Å². The van der Waals surface area contributed by atoms with Crippen LogP contribution in [0.3, 0.4) is 0 Å². The fraction of sp³-hybridized carbons (Fsp3) is 0.364. The first-order valence-corrected chi connectivity index (χ1v) is 11.1. The van der Waals surface area contributed by atoms with Crippen molar-refractivity contribution >= 4 is 23.4 Å².